The van der Waals surface area contributed by atoms with Crippen molar-refractivity contribution in [3.05, 3.63) is 57.9 Å². The van der Waals surface area contributed by atoms with E-state index in [1.807, 2.05) is 0 Å². The molecule has 0 saturated carbocycles. The molecule has 0 spiro atoms. The van der Waals surface area contributed by atoms with Gasteiger partial charge in [0.2, 0.25) is 5.91 Å². The second-order valence-corrected chi connectivity index (χ2v) is 6.76. The maximum absolute atomic E-state index is 12.7. The van der Waals surface area contributed by atoms with Gasteiger partial charge in [0.15, 0.2) is 5.82 Å². The van der Waals surface area contributed by atoms with E-state index in [1.165, 1.54) is 4.90 Å². The first-order valence-corrected chi connectivity index (χ1v) is 8.77. The molecule has 3 amide bonds. The minimum Gasteiger partial charge on any atom is -0.456 e. The highest BCUT2D eigenvalue weighted by Crippen LogP contribution is 2.35. The van der Waals surface area contributed by atoms with Crippen LogP contribution >= 0.6 is 11.6 Å². The monoisotopic (exact) mass is 402 g/mol. The van der Waals surface area contributed by atoms with Crippen molar-refractivity contribution < 1.29 is 23.6 Å². The molecule has 10 heteroatoms. The zero-order valence-electron chi connectivity index (χ0n) is 14.7. The average Bonchev–Trinajstić information content (AvgIpc) is 3.24. The van der Waals surface area contributed by atoms with Crippen LogP contribution in [0, 0.1) is 6.92 Å². The lowest BCUT2D eigenvalue weighted by atomic mass is 9.96. The summed E-state index contributed by atoms with van der Waals surface area (Å²) >= 11 is 5.91. The number of hydrogen-bond donors (Lipinski definition) is 2. The quantitative estimate of drug-likeness (QED) is 0.757. The fourth-order valence-corrected chi connectivity index (χ4v) is 3.26. The maximum atomic E-state index is 12.7. The highest BCUT2D eigenvalue weighted by molar-refractivity contribution is 6.30. The van der Waals surface area contributed by atoms with Gasteiger partial charge in [0.05, 0.1) is 17.3 Å². The molecule has 1 aromatic carbocycles. The number of esters is 1. The molecule has 0 saturated heterocycles. The number of halogens is 1. The molecule has 3 heterocycles. The number of cyclic esters (lactones) is 1. The van der Waals surface area contributed by atoms with E-state index >= 15 is 0 Å². The van der Waals surface area contributed by atoms with Gasteiger partial charge in [-0.25, -0.2) is 9.59 Å². The van der Waals surface area contributed by atoms with Crippen LogP contribution in [-0.4, -0.2) is 41.1 Å². The van der Waals surface area contributed by atoms with Crippen molar-refractivity contribution in [1.82, 2.24) is 15.4 Å². The predicted octanol–water partition coefficient (Wildman–Crippen LogP) is 2.15. The van der Waals surface area contributed by atoms with Gasteiger partial charge in [-0.3, -0.25) is 9.69 Å². The van der Waals surface area contributed by atoms with Gasteiger partial charge in [-0.2, -0.15) is 0 Å². The van der Waals surface area contributed by atoms with E-state index in [-0.39, 0.29) is 19.0 Å². The number of nitrogens with zero attached hydrogens (tertiary/aromatic N) is 2. The number of amides is 3. The van der Waals surface area contributed by atoms with E-state index in [1.54, 1.807) is 37.3 Å². The number of anilines is 1. The van der Waals surface area contributed by atoms with Crippen LogP contribution in [0.3, 0.4) is 0 Å². The number of aromatic nitrogens is 1. The van der Waals surface area contributed by atoms with Gasteiger partial charge in [0.1, 0.15) is 18.9 Å². The Kier molecular flexibility index (Phi) is 4.52. The molecule has 2 aliphatic rings. The SMILES string of the molecule is Cc1cc(NC(=O)CN2C(=O)N[C@@H](c3ccc(Cl)cc3)C3=C2COC3=O)no1. The number of benzene rings is 1. The van der Waals surface area contributed by atoms with Crippen molar-refractivity contribution in [1.29, 1.82) is 0 Å². The lowest BCUT2D eigenvalue weighted by molar-refractivity contribution is -0.136. The molecule has 1 atom stereocenters. The van der Waals surface area contributed by atoms with Crippen LogP contribution in [-0.2, 0) is 14.3 Å². The molecule has 0 radical (unpaired) electrons. The van der Waals surface area contributed by atoms with Gasteiger partial charge in [-0.1, -0.05) is 28.9 Å². The lowest BCUT2D eigenvalue weighted by Crippen LogP contribution is -2.49. The molecule has 144 valence electrons. The Morgan fingerprint density at radius 1 is 1.36 bits per heavy atom. The Balaban J connectivity index is 1.59. The van der Waals surface area contributed by atoms with E-state index in [9.17, 15) is 14.4 Å². The summed E-state index contributed by atoms with van der Waals surface area (Å²) in [5.74, 6) is -0.240. The van der Waals surface area contributed by atoms with Crippen LogP contribution in [0.25, 0.3) is 0 Å². The van der Waals surface area contributed by atoms with Crippen LogP contribution < -0.4 is 10.6 Å². The van der Waals surface area contributed by atoms with E-state index in [0.29, 0.717) is 27.6 Å². The summed E-state index contributed by atoms with van der Waals surface area (Å²) < 4.78 is 10.0. The molecule has 0 bridgehead atoms. The molecule has 9 nitrogen and oxygen atoms in total. The minimum absolute atomic E-state index is 0.0813. The Morgan fingerprint density at radius 3 is 2.79 bits per heavy atom. The molecule has 0 aliphatic carbocycles. The summed E-state index contributed by atoms with van der Waals surface area (Å²) in [6.07, 6.45) is 0. The summed E-state index contributed by atoms with van der Waals surface area (Å²) in [6.45, 7) is 1.30. The zero-order chi connectivity index (χ0) is 19.8. The third kappa shape index (κ3) is 3.31. The van der Waals surface area contributed by atoms with E-state index < -0.39 is 23.9 Å². The molecule has 28 heavy (non-hydrogen) atoms. The number of carbonyl (C=O) groups is 3. The molecule has 2 aliphatic heterocycles. The van der Waals surface area contributed by atoms with Crippen LogP contribution in [0.5, 0.6) is 0 Å². The number of urea groups is 1. The fraction of sp³-hybridized carbons (Fsp3) is 0.222. The molecule has 4 rings (SSSR count). The number of aryl methyl sites for hydroxylation is 1. The average molecular weight is 403 g/mol. The van der Waals surface area contributed by atoms with E-state index in [4.69, 9.17) is 20.9 Å². The number of rotatable bonds is 4. The molecular formula is C18H15ClN4O5. The zero-order valence-corrected chi connectivity index (χ0v) is 15.4. The number of ether oxygens (including phenoxy) is 1. The molecule has 1 aromatic heterocycles. The van der Waals surface area contributed by atoms with Gasteiger partial charge in [0, 0.05) is 11.1 Å². The van der Waals surface area contributed by atoms with Crippen molar-refractivity contribution in [2.24, 2.45) is 0 Å². The number of carbonyl (C=O) groups excluding carboxylic acids is 3. The van der Waals surface area contributed by atoms with Crippen molar-refractivity contribution in [2.75, 3.05) is 18.5 Å². The number of nitrogens with one attached hydrogen (secondary N) is 2. The maximum Gasteiger partial charge on any atom is 0.338 e. The Bertz CT molecular complexity index is 998. The number of hydrogen-bond acceptors (Lipinski definition) is 6. The van der Waals surface area contributed by atoms with E-state index in [0.717, 1.165) is 0 Å². The van der Waals surface area contributed by atoms with Gasteiger partial charge < -0.3 is 19.9 Å². The van der Waals surface area contributed by atoms with Crippen LogP contribution in [0.15, 0.2) is 46.1 Å². The van der Waals surface area contributed by atoms with Crippen LogP contribution in [0.4, 0.5) is 10.6 Å². The summed E-state index contributed by atoms with van der Waals surface area (Å²) in [5, 5.41) is 9.51. The third-order valence-electron chi connectivity index (χ3n) is 4.40. The largest absolute Gasteiger partial charge is 0.456 e. The lowest BCUT2D eigenvalue weighted by Gasteiger charge is -2.32. The molecule has 0 fully saturated rings. The highest BCUT2D eigenvalue weighted by atomic mass is 35.5. The van der Waals surface area contributed by atoms with Gasteiger partial charge in [-0.15, -0.1) is 0 Å². The molecule has 0 unspecified atom stereocenters. The topological polar surface area (TPSA) is 114 Å². The van der Waals surface area contributed by atoms with Crippen molar-refractivity contribution in [2.45, 2.75) is 13.0 Å². The highest BCUT2D eigenvalue weighted by Gasteiger charge is 2.42. The van der Waals surface area contributed by atoms with Gasteiger partial charge in [0.25, 0.3) is 0 Å². The molecule has 2 aromatic rings. The second-order valence-electron chi connectivity index (χ2n) is 6.33. The predicted molar refractivity (Wildman–Crippen MR) is 97.3 cm³/mol. The third-order valence-corrected chi connectivity index (χ3v) is 4.65. The summed E-state index contributed by atoms with van der Waals surface area (Å²) in [4.78, 5) is 38.5. The smallest absolute Gasteiger partial charge is 0.338 e. The first-order valence-electron chi connectivity index (χ1n) is 8.39. The normalized spacial score (nSPS) is 18.6. The standard InChI is InChI=1S/C18H15ClN4O5/c1-9-6-13(22-28-9)20-14(24)7-23-12-8-27-17(25)15(12)16(21-18(23)26)10-2-4-11(19)5-3-10/h2-6,16H,7-8H2,1H3,(H,21,26)(H,20,22,24)/t16-/m0/s1. The first-order chi connectivity index (χ1) is 13.4. The minimum atomic E-state index is -0.674. The van der Waals surface area contributed by atoms with Gasteiger partial charge >= 0.3 is 12.0 Å². The van der Waals surface area contributed by atoms with Crippen LogP contribution in [0.2, 0.25) is 5.02 Å². The Labute approximate surface area is 164 Å². The first kappa shape index (κ1) is 18.1. The van der Waals surface area contributed by atoms with Crippen LogP contribution in [0.1, 0.15) is 17.4 Å². The second kappa shape index (κ2) is 7.01. The Hall–Kier alpha value is -3.33. The van der Waals surface area contributed by atoms with E-state index in [2.05, 4.69) is 15.8 Å². The summed E-state index contributed by atoms with van der Waals surface area (Å²) in [5.41, 5.74) is 1.35. The van der Waals surface area contributed by atoms with Gasteiger partial charge in [-0.05, 0) is 24.6 Å². The molecule has 2 N–H and O–H groups in total. The Morgan fingerprint density at radius 2 is 2.11 bits per heavy atom. The summed E-state index contributed by atoms with van der Waals surface area (Å²) in [7, 11) is 0. The fourth-order valence-electron chi connectivity index (χ4n) is 3.13. The van der Waals surface area contributed by atoms with Crippen molar-refractivity contribution >= 4 is 35.3 Å². The van der Waals surface area contributed by atoms with Crippen molar-refractivity contribution in [3.8, 4) is 0 Å². The van der Waals surface area contributed by atoms with Crippen molar-refractivity contribution in [3.63, 3.8) is 0 Å². The molecular weight excluding hydrogens is 388 g/mol. The summed E-state index contributed by atoms with van der Waals surface area (Å²) in [6, 6.07) is 7.15.